The summed E-state index contributed by atoms with van der Waals surface area (Å²) in [4.78, 5) is 14.6. The fraction of sp³-hybridized carbons (Fsp3) is 0.750. The Hall–Kier alpha value is -0.700. The smallest absolute Gasteiger partial charge is 0.173 e. The van der Waals surface area contributed by atoms with Crippen LogP contribution in [0.3, 0.4) is 0 Å². The third-order valence-corrected chi connectivity index (χ3v) is 1.21. The number of nitrogens with zero attached hydrogens (tertiary/aromatic N) is 1. The van der Waals surface area contributed by atoms with Crippen molar-refractivity contribution in [2.24, 2.45) is 4.99 Å². The molecule has 0 atom stereocenters. The van der Waals surface area contributed by atoms with E-state index in [9.17, 15) is 9.90 Å². The SMILES string of the molecule is CC(=O)C(C)=NCC(C)(C)O. The minimum Gasteiger partial charge on any atom is -0.389 e. The van der Waals surface area contributed by atoms with Crippen LogP contribution < -0.4 is 0 Å². The lowest BCUT2D eigenvalue weighted by atomic mass is 10.1. The molecule has 0 unspecified atom stereocenters. The molecule has 0 radical (unpaired) electrons. The molecule has 0 heterocycles. The van der Waals surface area contributed by atoms with E-state index in [4.69, 9.17) is 0 Å². The summed E-state index contributed by atoms with van der Waals surface area (Å²) in [5, 5.41) is 9.23. The van der Waals surface area contributed by atoms with Gasteiger partial charge in [-0.25, -0.2) is 0 Å². The van der Waals surface area contributed by atoms with Crippen molar-refractivity contribution in [1.82, 2.24) is 0 Å². The minimum atomic E-state index is -0.823. The molecule has 64 valence electrons. The van der Waals surface area contributed by atoms with Crippen LogP contribution in [0.1, 0.15) is 27.7 Å². The van der Waals surface area contributed by atoms with Crippen molar-refractivity contribution >= 4 is 11.5 Å². The third kappa shape index (κ3) is 5.73. The van der Waals surface area contributed by atoms with Crippen molar-refractivity contribution < 1.29 is 9.90 Å². The molecule has 0 fully saturated rings. The molecule has 0 saturated carbocycles. The molecule has 0 amide bonds. The Labute approximate surface area is 67.1 Å². The summed E-state index contributed by atoms with van der Waals surface area (Å²) in [6, 6.07) is 0. The minimum absolute atomic E-state index is 0.0470. The van der Waals surface area contributed by atoms with E-state index in [-0.39, 0.29) is 12.3 Å². The van der Waals surface area contributed by atoms with E-state index in [0.717, 1.165) is 0 Å². The molecule has 0 aromatic heterocycles. The Balaban J connectivity index is 4.04. The van der Waals surface area contributed by atoms with Crippen molar-refractivity contribution in [3.05, 3.63) is 0 Å². The first kappa shape index (κ1) is 10.3. The number of carbonyl (C=O) groups excluding carboxylic acids is 1. The number of ketones is 1. The fourth-order valence-corrected chi connectivity index (χ4v) is 0.423. The highest BCUT2D eigenvalue weighted by Crippen LogP contribution is 2.00. The van der Waals surface area contributed by atoms with Crippen LogP contribution in [0, 0.1) is 0 Å². The fourth-order valence-electron chi connectivity index (χ4n) is 0.423. The maximum Gasteiger partial charge on any atom is 0.173 e. The molecule has 0 bridgehead atoms. The molecular formula is C8H15NO2. The van der Waals surface area contributed by atoms with Gasteiger partial charge in [0.2, 0.25) is 0 Å². The van der Waals surface area contributed by atoms with Crippen molar-refractivity contribution in [3.8, 4) is 0 Å². The average molecular weight is 157 g/mol. The van der Waals surface area contributed by atoms with Gasteiger partial charge in [0.1, 0.15) is 0 Å². The molecule has 1 N–H and O–H groups in total. The van der Waals surface area contributed by atoms with Crippen LogP contribution in [0.15, 0.2) is 4.99 Å². The van der Waals surface area contributed by atoms with E-state index in [1.165, 1.54) is 6.92 Å². The molecule has 0 rings (SSSR count). The first-order valence-corrected chi connectivity index (χ1v) is 3.57. The highest BCUT2D eigenvalue weighted by molar-refractivity contribution is 6.37. The monoisotopic (exact) mass is 157 g/mol. The predicted molar refractivity (Wildman–Crippen MR) is 45.0 cm³/mol. The number of hydrogen-bond donors (Lipinski definition) is 1. The Morgan fingerprint density at radius 1 is 1.45 bits per heavy atom. The van der Waals surface area contributed by atoms with Crippen LogP contribution in [-0.2, 0) is 4.79 Å². The van der Waals surface area contributed by atoms with Gasteiger partial charge < -0.3 is 5.11 Å². The molecule has 11 heavy (non-hydrogen) atoms. The van der Waals surface area contributed by atoms with Gasteiger partial charge in [0.15, 0.2) is 5.78 Å². The number of aliphatic hydroxyl groups is 1. The molecule has 0 saturated heterocycles. The zero-order valence-corrected chi connectivity index (χ0v) is 7.51. The van der Waals surface area contributed by atoms with E-state index < -0.39 is 5.60 Å². The lowest BCUT2D eigenvalue weighted by molar-refractivity contribution is -0.111. The molecule has 3 nitrogen and oxygen atoms in total. The highest BCUT2D eigenvalue weighted by atomic mass is 16.3. The van der Waals surface area contributed by atoms with Crippen molar-refractivity contribution in [1.29, 1.82) is 0 Å². The molecule has 0 aliphatic heterocycles. The van der Waals surface area contributed by atoms with Crippen LogP contribution in [0.4, 0.5) is 0 Å². The van der Waals surface area contributed by atoms with E-state index in [1.54, 1.807) is 20.8 Å². The van der Waals surface area contributed by atoms with Crippen LogP contribution in [0.25, 0.3) is 0 Å². The zero-order valence-electron chi connectivity index (χ0n) is 7.51. The number of carbonyl (C=O) groups is 1. The maximum atomic E-state index is 10.6. The van der Waals surface area contributed by atoms with Crippen molar-refractivity contribution in [2.75, 3.05) is 6.54 Å². The molecule has 0 aliphatic carbocycles. The maximum absolute atomic E-state index is 10.6. The Kier molecular flexibility index (Phi) is 3.39. The van der Waals surface area contributed by atoms with Gasteiger partial charge in [0.05, 0.1) is 17.9 Å². The molecule has 0 aliphatic rings. The van der Waals surface area contributed by atoms with Crippen LogP contribution in [0.2, 0.25) is 0 Å². The Bertz CT molecular complexity index is 177. The van der Waals surface area contributed by atoms with E-state index in [2.05, 4.69) is 4.99 Å². The van der Waals surface area contributed by atoms with E-state index in [1.807, 2.05) is 0 Å². The lowest BCUT2D eigenvalue weighted by Crippen LogP contribution is -2.24. The van der Waals surface area contributed by atoms with Crippen molar-refractivity contribution in [3.63, 3.8) is 0 Å². The molecule has 0 aromatic carbocycles. The molecule has 3 heteroatoms. The van der Waals surface area contributed by atoms with E-state index >= 15 is 0 Å². The van der Waals surface area contributed by atoms with Gasteiger partial charge in [0, 0.05) is 6.92 Å². The quantitative estimate of drug-likeness (QED) is 0.616. The number of hydrogen-bond acceptors (Lipinski definition) is 3. The van der Waals surface area contributed by atoms with Crippen LogP contribution >= 0.6 is 0 Å². The van der Waals surface area contributed by atoms with Gasteiger partial charge in [-0.2, -0.15) is 0 Å². The number of rotatable bonds is 3. The first-order valence-electron chi connectivity index (χ1n) is 3.57. The summed E-state index contributed by atoms with van der Waals surface area (Å²) >= 11 is 0. The largest absolute Gasteiger partial charge is 0.389 e. The Morgan fingerprint density at radius 2 is 1.91 bits per heavy atom. The van der Waals surface area contributed by atoms with Gasteiger partial charge >= 0.3 is 0 Å². The van der Waals surface area contributed by atoms with Gasteiger partial charge in [-0.15, -0.1) is 0 Å². The summed E-state index contributed by atoms with van der Waals surface area (Å²) in [5.41, 5.74) is -0.358. The summed E-state index contributed by atoms with van der Waals surface area (Å²) in [7, 11) is 0. The lowest BCUT2D eigenvalue weighted by Gasteiger charge is -2.13. The average Bonchev–Trinajstić information content (AvgIpc) is 1.80. The first-order chi connectivity index (χ1) is 4.83. The summed E-state index contributed by atoms with van der Waals surface area (Å²) in [6.07, 6.45) is 0. The summed E-state index contributed by atoms with van der Waals surface area (Å²) in [6.45, 7) is 6.70. The normalized spacial score (nSPS) is 13.4. The standard InChI is InChI=1S/C8H15NO2/c1-6(7(2)10)9-5-8(3,4)11/h11H,5H2,1-4H3. The Morgan fingerprint density at radius 3 is 2.18 bits per heavy atom. The van der Waals surface area contributed by atoms with Gasteiger partial charge in [-0.3, -0.25) is 9.79 Å². The molecule has 0 aromatic rings. The van der Waals surface area contributed by atoms with E-state index in [0.29, 0.717) is 5.71 Å². The van der Waals surface area contributed by atoms with Crippen LogP contribution in [-0.4, -0.2) is 28.7 Å². The third-order valence-electron chi connectivity index (χ3n) is 1.21. The zero-order chi connectivity index (χ0) is 9.07. The topological polar surface area (TPSA) is 49.7 Å². The number of Topliss-reactive ketones (excluding diaryl/α,β-unsaturated/α-hetero) is 1. The summed E-state index contributed by atoms with van der Waals surface area (Å²) < 4.78 is 0. The highest BCUT2D eigenvalue weighted by Gasteiger charge is 2.11. The predicted octanol–water partition coefficient (Wildman–Crippen LogP) is 0.807. The summed E-state index contributed by atoms with van der Waals surface area (Å²) in [5.74, 6) is -0.0470. The second-order valence-electron chi connectivity index (χ2n) is 3.27. The van der Waals surface area contributed by atoms with Gasteiger partial charge in [0.25, 0.3) is 0 Å². The van der Waals surface area contributed by atoms with Gasteiger partial charge in [-0.1, -0.05) is 0 Å². The van der Waals surface area contributed by atoms with Crippen LogP contribution in [0.5, 0.6) is 0 Å². The molecule has 0 spiro atoms. The molecular weight excluding hydrogens is 142 g/mol. The second-order valence-corrected chi connectivity index (χ2v) is 3.27. The van der Waals surface area contributed by atoms with Crippen molar-refractivity contribution in [2.45, 2.75) is 33.3 Å². The number of aliphatic imine (C=N–C) groups is 1. The van der Waals surface area contributed by atoms with Gasteiger partial charge in [-0.05, 0) is 20.8 Å². The second kappa shape index (κ2) is 3.62.